The van der Waals surface area contributed by atoms with Crippen LogP contribution in [0.1, 0.15) is 23.1 Å². The largest absolute Gasteiger partial charge is 0.491 e. The van der Waals surface area contributed by atoms with Crippen molar-refractivity contribution >= 4 is 50.7 Å². The quantitative estimate of drug-likeness (QED) is 0.522. The molecule has 0 unspecified atom stereocenters. The Morgan fingerprint density at radius 3 is 2.66 bits per heavy atom. The van der Waals surface area contributed by atoms with Gasteiger partial charge in [-0.15, -0.1) is 0 Å². The van der Waals surface area contributed by atoms with Gasteiger partial charge in [-0.2, -0.15) is 5.10 Å². The molecule has 3 rings (SSSR count). The van der Waals surface area contributed by atoms with Gasteiger partial charge in [0.15, 0.2) is 11.4 Å². The van der Waals surface area contributed by atoms with E-state index in [2.05, 4.69) is 26.3 Å². The first-order chi connectivity index (χ1) is 13.8. The van der Waals surface area contributed by atoms with Crippen LogP contribution in [0.2, 0.25) is 10.0 Å². The van der Waals surface area contributed by atoms with E-state index in [1.807, 2.05) is 6.92 Å². The van der Waals surface area contributed by atoms with Gasteiger partial charge in [-0.1, -0.05) is 35.3 Å². The molecule has 2 aromatic carbocycles. The summed E-state index contributed by atoms with van der Waals surface area (Å²) in [5.74, 6) is -0.283. The molecule has 1 amide bonds. The number of anilines is 1. The van der Waals surface area contributed by atoms with Crippen LogP contribution in [-0.4, -0.2) is 22.3 Å². The number of nitrogens with one attached hydrogen (secondary N) is 1. The molecule has 0 saturated heterocycles. The lowest BCUT2D eigenvalue weighted by Crippen LogP contribution is -2.27. The van der Waals surface area contributed by atoms with Crippen LogP contribution < -0.4 is 15.5 Å². The molecular formula is C20H16BrCl2N3O3. The summed E-state index contributed by atoms with van der Waals surface area (Å²) >= 11 is 15.7. The summed E-state index contributed by atoms with van der Waals surface area (Å²) in [6.07, 6.45) is 0. The Kier molecular flexibility index (Phi) is 6.62. The van der Waals surface area contributed by atoms with Gasteiger partial charge in [0.1, 0.15) is 0 Å². The SMILES string of the molecule is CCOc1c(Br)cc(Cl)cc1NC(=O)c1nn(-c2ccccc2Cl)c(C)cc1=O. The molecule has 0 bridgehead atoms. The predicted octanol–water partition coefficient (Wildman–Crippen LogP) is 5.26. The highest BCUT2D eigenvalue weighted by Gasteiger charge is 2.19. The summed E-state index contributed by atoms with van der Waals surface area (Å²) < 4.78 is 7.61. The Balaban J connectivity index is 2.04. The van der Waals surface area contributed by atoms with Crippen LogP contribution >= 0.6 is 39.1 Å². The highest BCUT2D eigenvalue weighted by Crippen LogP contribution is 2.36. The summed E-state index contributed by atoms with van der Waals surface area (Å²) in [5, 5.41) is 7.73. The van der Waals surface area contributed by atoms with Crippen molar-refractivity contribution in [3.8, 4) is 11.4 Å². The van der Waals surface area contributed by atoms with E-state index in [4.69, 9.17) is 27.9 Å². The van der Waals surface area contributed by atoms with Crippen molar-refractivity contribution in [2.45, 2.75) is 13.8 Å². The van der Waals surface area contributed by atoms with Gasteiger partial charge in [-0.25, -0.2) is 4.68 Å². The van der Waals surface area contributed by atoms with Crippen LogP contribution in [-0.2, 0) is 0 Å². The molecule has 6 nitrogen and oxygen atoms in total. The fourth-order valence-electron chi connectivity index (χ4n) is 2.70. The average Bonchev–Trinajstić information content (AvgIpc) is 2.65. The Labute approximate surface area is 185 Å². The topological polar surface area (TPSA) is 73.2 Å². The van der Waals surface area contributed by atoms with E-state index in [0.29, 0.717) is 43.9 Å². The van der Waals surface area contributed by atoms with Crippen molar-refractivity contribution in [3.63, 3.8) is 0 Å². The summed E-state index contributed by atoms with van der Waals surface area (Å²) in [6.45, 7) is 3.91. The average molecular weight is 497 g/mol. The van der Waals surface area contributed by atoms with Gasteiger partial charge in [0, 0.05) is 16.8 Å². The molecule has 1 aromatic heterocycles. The van der Waals surface area contributed by atoms with E-state index in [-0.39, 0.29) is 5.69 Å². The van der Waals surface area contributed by atoms with Crippen molar-refractivity contribution in [1.29, 1.82) is 0 Å². The van der Waals surface area contributed by atoms with Gasteiger partial charge >= 0.3 is 0 Å². The first-order valence-electron chi connectivity index (χ1n) is 8.61. The number of benzene rings is 2. The first-order valence-corrected chi connectivity index (χ1v) is 10.2. The molecule has 0 atom stereocenters. The number of carbonyl (C=O) groups excluding carboxylic acids is 1. The van der Waals surface area contributed by atoms with E-state index in [9.17, 15) is 9.59 Å². The molecule has 9 heteroatoms. The number of carbonyl (C=O) groups is 1. The fourth-order valence-corrected chi connectivity index (χ4v) is 3.84. The van der Waals surface area contributed by atoms with Crippen LogP contribution in [0.4, 0.5) is 5.69 Å². The normalized spacial score (nSPS) is 10.7. The third-order valence-corrected chi connectivity index (χ3v) is 5.08. The molecule has 0 fully saturated rings. The van der Waals surface area contributed by atoms with Crippen molar-refractivity contribution in [3.05, 3.63) is 78.6 Å². The molecule has 0 aliphatic heterocycles. The number of rotatable bonds is 5. The zero-order valence-corrected chi connectivity index (χ0v) is 18.6. The Bertz CT molecular complexity index is 1150. The van der Waals surface area contributed by atoms with Crippen molar-refractivity contribution in [2.24, 2.45) is 0 Å². The van der Waals surface area contributed by atoms with E-state index < -0.39 is 11.3 Å². The molecule has 29 heavy (non-hydrogen) atoms. The van der Waals surface area contributed by atoms with E-state index in [1.54, 1.807) is 37.3 Å². The summed E-state index contributed by atoms with van der Waals surface area (Å²) in [7, 11) is 0. The third-order valence-electron chi connectivity index (χ3n) is 3.95. The minimum Gasteiger partial charge on any atom is -0.491 e. The Hall–Kier alpha value is -2.35. The Morgan fingerprint density at radius 1 is 1.24 bits per heavy atom. The molecule has 150 valence electrons. The van der Waals surface area contributed by atoms with Gasteiger partial charge in [0.2, 0.25) is 5.43 Å². The number of aryl methyl sites for hydroxylation is 1. The highest BCUT2D eigenvalue weighted by molar-refractivity contribution is 9.10. The molecule has 0 radical (unpaired) electrons. The lowest BCUT2D eigenvalue weighted by Gasteiger charge is -2.15. The molecule has 0 aliphatic carbocycles. The maximum atomic E-state index is 12.9. The van der Waals surface area contributed by atoms with Crippen LogP contribution in [0, 0.1) is 6.92 Å². The Morgan fingerprint density at radius 2 is 1.97 bits per heavy atom. The minimum atomic E-state index is -0.689. The monoisotopic (exact) mass is 495 g/mol. The second-order valence-corrected chi connectivity index (χ2v) is 7.71. The summed E-state index contributed by atoms with van der Waals surface area (Å²) in [6, 6.07) is 11.5. The van der Waals surface area contributed by atoms with Crippen molar-refractivity contribution in [1.82, 2.24) is 9.78 Å². The van der Waals surface area contributed by atoms with E-state index >= 15 is 0 Å². The number of hydrogen-bond acceptors (Lipinski definition) is 4. The second kappa shape index (κ2) is 8.98. The van der Waals surface area contributed by atoms with Crippen LogP contribution in [0.15, 0.2) is 51.7 Å². The fraction of sp³-hybridized carbons (Fsp3) is 0.150. The number of nitrogens with zero attached hydrogens (tertiary/aromatic N) is 2. The number of amides is 1. The summed E-state index contributed by atoms with van der Waals surface area (Å²) in [5.41, 5.74) is 0.625. The first kappa shape index (κ1) is 21.4. The molecule has 0 spiro atoms. The van der Waals surface area contributed by atoms with Crippen LogP contribution in [0.25, 0.3) is 5.69 Å². The predicted molar refractivity (Wildman–Crippen MR) is 118 cm³/mol. The zero-order chi connectivity index (χ0) is 21.1. The standard InChI is InChI=1S/C20H16BrCl2N3O3/c1-3-29-19-13(21)9-12(22)10-15(19)24-20(28)18-17(27)8-11(2)26(25-18)16-7-5-4-6-14(16)23/h4-10H,3H2,1-2H3,(H,24,28). The van der Waals surface area contributed by atoms with E-state index in [0.717, 1.165) is 0 Å². The summed E-state index contributed by atoms with van der Waals surface area (Å²) in [4.78, 5) is 25.3. The second-order valence-electron chi connectivity index (χ2n) is 6.01. The molecule has 1 N–H and O–H groups in total. The molecule has 0 saturated carbocycles. The van der Waals surface area contributed by atoms with Gasteiger partial charge in [0.05, 0.1) is 27.5 Å². The van der Waals surface area contributed by atoms with E-state index in [1.165, 1.54) is 16.8 Å². The van der Waals surface area contributed by atoms with Gasteiger partial charge in [-0.3, -0.25) is 9.59 Å². The molecule has 0 aliphatic rings. The van der Waals surface area contributed by atoms with Crippen molar-refractivity contribution in [2.75, 3.05) is 11.9 Å². The number of aromatic nitrogens is 2. The van der Waals surface area contributed by atoms with Gasteiger partial charge in [-0.05, 0) is 54.0 Å². The maximum absolute atomic E-state index is 12.9. The molecule has 3 aromatic rings. The third kappa shape index (κ3) is 4.63. The van der Waals surface area contributed by atoms with Crippen LogP contribution in [0.3, 0.4) is 0 Å². The van der Waals surface area contributed by atoms with Crippen molar-refractivity contribution < 1.29 is 9.53 Å². The number of ether oxygens (including phenoxy) is 1. The minimum absolute atomic E-state index is 0.283. The van der Waals surface area contributed by atoms with Gasteiger partial charge in [0.25, 0.3) is 5.91 Å². The smallest absolute Gasteiger partial charge is 0.280 e. The lowest BCUT2D eigenvalue weighted by molar-refractivity contribution is 0.101. The lowest BCUT2D eigenvalue weighted by atomic mass is 10.2. The van der Waals surface area contributed by atoms with Gasteiger partial charge < -0.3 is 10.1 Å². The molecular weight excluding hydrogens is 481 g/mol. The number of halogens is 3. The number of hydrogen-bond donors (Lipinski definition) is 1. The number of para-hydroxylation sites is 1. The molecule has 1 heterocycles. The zero-order valence-electron chi connectivity index (χ0n) is 15.5. The van der Waals surface area contributed by atoms with Crippen LogP contribution in [0.5, 0.6) is 5.75 Å². The highest BCUT2D eigenvalue weighted by atomic mass is 79.9. The maximum Gasteiger partial charge on any atom is 0.280 e.